The summed E-state index contributed by atoms with van der Waals surface area (Å²) in [5.41, 5.74) is 5.53. The lowest BCUT2D eigenvalue weighted by Gasteiger charge is -2.07. The Labute approximate surface area is 83.0 Å². The minimum atomic E-state index is -2.96. The van der Waals surface area contributed by atoms with Crippen molar-refractivity contribution in [1.82, 2.24) is 5.32 Å². The molecule has 0 aromatic heterocycles. The number of carbonyl (C=O) groups excluding carboxylic acids is 1. The van der Waals surface area contributed by atoms with Crippen LogP contribution in [0.15, 0.2) is 0 Å². The molecule has 5 nitrogen and oxygen atoms in total. The van der Waals surface area contributed by atoms with E-state index in [1.807, 2.05) is 0 Å². The van der Waals surface area contributed by atoms with E-state index in [4.69, 9.17) is 5.73 Å². The first-order chi connectivity index (χ1) is 6.48. The van der Waals surface area contributed by atoms with Crippen molar-refractivity contribution >= 4 is 15.7 Å². The van der Waals surface area contributed by atoms with Crippen molar-refractivity contribution in [3.63, 3.8) is 0 Å². The minimum Gasteiger partial charge on any atom is -0.351 e. The first-order valence-corrected chi connectivity index (χ1v) is 6.56. The summed E-state index contributed by atoms with van der Waals surface area (Å²) in [4.78, 5) is 11.5. The first kappa shape index (κ1) is 9.92. The van der Waals surface area contributed by atoms with Gasteiger partial charge in [0.05, 0.1) is 17.4 Å². The molecule has 0 aromatic rings. The zero-order chi connectivity index (χ0) is 10.3. The Morgan fingerprint density at radius 1 is 1.43 bits per heavy atom. The number of nitrogens with one attached hydrogen (secondary N) is 1. The SMILES string of the molecule is NC1CC1NC(=O)C1CCS(=O)(=O)C1. The molecule has 3 unspecified atom stereocenters. The monoisotopic (exact) mass is 218 g/mol. The Kier molecular flexibility index (Phi) is 2.27. The molecule has 1 aliphatic heterocycles. The van der Waals surface area contributed by atoms with E-state index in [0.717, 1.165) is 6.42 Å². The van der Waals surface area contributed by atoms with E-state index in [9.17, 15) is 13.2 Å². The summed E-state index contributed by atoms with van der Waals surface area (Å²) >= 11 is 0. The molecule has 0 bridgehead atoms. The average Bonchev–Trinajstić information content (AvgIpc) is 2.60. The van der Waals surface area contributed by atoms with Gasteiger partial charge >= 0.3 is 0 Å². The fourth-order valence-corrected chi connectivity index (χ4v) is 3.42. The van der Waals surface area contributed by atoms with Crippen molar-refractivity contribution in [1.29, 1.82) is 0 Å². The van der Waals surface area contributed by atoms with Crippen LogP contribution < -0.4 is 11.1 Å². The summed E-state index contributed by atoms with van der Waals surface area (Å²) in [5.74, 6) is -0.361. The standard InChI is InChI=1S/C8H14N2O3S/c9-6-3-7(6)10-8(11)5-1-2-14(12,13)4-5/h5-7H,1-4,9H2,(H,10,11). The molecule has 2 fully saturated rings. The van der Waals surface area contributed by atoms with Gasteiger partial charge in [-0.15, -0.1) is 0 Å². The van der Waals surface area contributed by atoms with E-state index < -0.39 is 9.84 Å². The van der Waals surface area contributed by atoms with Crippen LogP contribution in [0.4, 0.5) is 0 Å². The van der Waals surface area contributed by atoms with Gasteiger partial charge in [0.15, 0.2) is 9.84 Å². The smallest absolute Gasteiger partial charge is 0.224 e. The molecule has 1 saturated carbocycles. The van der Waals surface area contributed by atoms with Gasteiger partial charge in [-0.05, 0) is 12.8 Å². The molecule has 2 rings (SSSR count). The highest BCUT2D eigenvalue weighted by Crippen LogP contribution is 2.22. The van der Waals surface area contributed by atoms with Crippen molar-refractivity contribution in [3.8, 4) is 0 Å². The number of hydrogen-bond acceptors (Lipinski definition) is 4. The van der Waals surface area contributed by atoms with Crippen molar-refractivity contribution < 1.29 is 13.2 Å². The van der Waals surface area contributed by atoms with Crippen LogP contribution in [0, 0.1) is 5.92 Å². The number of carbonyl (C=O) groups is 1. The predicted molar refractivity (Wildman–Crippen MR) is 51.3 cm³/mol. The van der Waals surface area contributed by atoms with Gasteiger partial charge in [-0.1, -0.05) is 0 Å². The van der Waals surface area contributed by atoms with Gasteiger partial charge in [-0.25, -0.2) is 8.42 Å². The maximum atomic E-state index is 11.5. The predicted octanol–water partition coefficient (Wildman–Crippen LogP) is -1.36. The third-order valence-electron chi connectivity index (χ3n) is 2.77. The van der Waals surface area contributed by atoms with E-state index >= 15 is 0 Å². The van der Waals surface area contributed by atoms with Crippen LogP contribution in [0.1, 0.15) is 12.8 Å². The summed E-state index contributed by atoms with van der Waals surface area (Å²) in [6, 6.07) is 0.141. The fourth-order valence-electron chi connectivity index (χ4n) is 1.68. The lowest BCUT2D eigenvalue weighted by Crippen LogP contribution is -2.35. The summed E-state index contributed by atoms with van der Waals surface area (Å²) in [6.07, 6.45) is 1.27. The fraction of sp³-hybridized carbons (Fsp3) is 0.875. The van der Waals surface area contributed by atoms with Crippen LogP contribution in [0.25, 0.3) is 0 Å². The summed E-state index contributed by atoms with van der Waals surface area (Å²) < 4.78 is 22.2. The second kappa shape index (κ2) is 3.20. The van der Waals surface area contributed by atoms with E-state index in [0.29, 0.717) is 6.42 Å². The quantitative estimate of drug-likeness (QED) is 0.599. The largest absolute Gasteiger partial charge is 0.351 e. The number of sulfone groups is 1. The van der Waals surface area contributed by atoms with Crippen molar-refractivity contribution in [2.75, 3.05) is 11.5 Å². The van der Waals surface area contributed by atoms with Gasteiger partial charge in [0.1, 0.15) is 0 Å². The highest BCUT2D eigenvalue weighted by atomic mass is 32.2. The Bertz CT molecular complexity index is 352. The van der Waals surface area contributed by atoms with Gasteiger partial charge in [-0.3, -0.25) is 4.79 Å². The van der Waals surface area contributed by atoms with Gasteiger partial charge in [0.2, 0.25) is 5.91 Å². The molecule has 0 radical (unpaired) electrons. The summed E-state index contributed by atoms with van der Waals surface area (Å²) in [7, 11) is -2.96. The maximum Gasteiger partial charge on any atom is 0.224 e. The van der Waals surface area contributed by atoms with Crippen LogP contribution >= 0.6 is 0 Å². The second-order valence-electron chi connectivity index (χ2n) is 4.11. The summed E-state index contributed by atoms with van der Waals surface area (Å²) in [5, 5.41) is 2.75. The summed E-state index contributed by atoms with van der Waals surface area (Å²) in [6.45, 7) is 0. The minimum absolute atomic E-state index is 0.000785. The molecule has 3 atom stereocenters. The second-order valence-corrected chi connectivity index (χ2v) is 6.34. The molecule has 1 aliphatic carbocycles. The van der Waals surface area contributed by atoms with Crippen molar-refractivity contribution in [3.05, 3.63) is 0 Å². The van der Waals surface area contributed by atoms with Crippen LogP contribution in [0.5, 0.6) is 0 Å². The third-order valence-corrected chi connectivity index (χ3v) is 4.54. The zero-order valence-electron chi connectivity index (χ0n) is 7.77. The van der Waals surface area contributed by atoms with Gasteiger partial charge in [0.25, 0.3) is 0 Å². The highest BCUT2D eigenvalue weighted by molar-refractivity contribution is 7.91. The molecule has 80 valence electrons. The van der Waals surface area contributed by atoms with Crippen LogP contribution in [0.2, 0.25) is 0 Å². The van der Waals surface area contributed by atoms with E-state index in [1.165, 1.54) is 0 Å². The molecular weight excluding hydrogens is 204 g/mol. The lowest BCUT2D eigenvalue weighted by molar-refractivity contribution is -0.124. The molecule has 1 heterocycles. The van der Waals surface area contributed by atoms with E-state index in [2.05, 4.69) is 5.32 Å². The molecule has 2 aliphatic rings. The van der Waals surface area contributed by atoms with E-state index in [1.54, 1.807) is 0 Å². The molecule has 3 N–H and O–H groups in total. The van der Waals surface area contributed by atoms with Gasteiger partial charge in [0, 0.05) is 12.1 Å². The maximum absolute atomic E-state index is 11.5. The molecule has 6 heteroatoms. The van der Waals surface area contributed by atoms with Crippen molar-refractivity contribution in [2.24, 2.45) is 11.7 Å². The molecular formula is C8H14N2O3S. The number of amides is 1. The lowest BCUT2D eigenvalue weighted by atomic mass is 10.1. The molecule has 1 amide bonds. The average molecular weight is 218 g/mol. The Hall–Kier alpha value is -0.620. The molecule has 0 spiro atoms. The Morgan fingerprint density at radius 2 is 2.07 bits per heavy atom. The third kappa shape index (κ3) is 2.06. The topological polar surface area (TPSA) is 89.3 Å². The van der Waals surface area contributed by atoms with E-state index in [-0.39, 0.29) is 35.4 Å². The van der Waals surface area contributed by atoms with Crippen LogP contribution in [0.3, 0.4) is 0 Å². The highest BCUT2D eigenvalue weighted by Gasteiger charge is 2.39. The number of nitrogens with two attached hydrogens (primary N) is 1. The van der Waals surface area contributed by atoms with Gasteiger partial charge in [-0.2, -0.15) is 0 Å². The normalized spacial score (nSPS) is 39.4. The molecule has 14 heavy (non-hydrogen) atoms. The molecule has 1 saturated heterocycles. The Morgan fingerprint density at radius 3 is 2.50 bits per heavy atom. The van der Waals surface area contributed by atoms with Crippen LogP contribution in [-0.4, -0.2) is 37.9 Å². The zero-order valence-corrected chi connectivity index (χ0v) is 8.59. The van der Waals surface area contributed by atoms with Gasteiger partial charge < -0.3 is 11.1 Å². The Balaban J connectivity index is 1.87. The number of hydrogen-bond donors (Lipinski definition) is 2. The number of rotatable bonds is 2. The molecule has 0 aromatic carbocycles. The van der Waals surface area contributed by atoms with Crippen molar-refractivity contribution in [2.45, 2.75) is 24.9 Å². The first-order valence-electron chi connectivity index (χ1n) is 4.74. The van der Waals surface area contributed by atoms with Crippen LogP contribution in [-0.2, 0) is 14.6 Å².